The van der Waals surface area contributed by atoms with Crippen molar-refractivity contribution < 1.29 is 9.59 Å². The topological polar surface area (TPSA) is 52.7 Å². The molecule has 1 N–H and O–H groups in total. The van der Waals surface area contributed by atoms with Crippen molar-refractivity contribution in [3.63, 3.8) is 0 Å². The Morgan fingerprint density at radius 1 is 1.19 bits per heavy atom. The lowest BCUT2D eigenvalue weighted by Crippen LogP contribution is -2.50. The van der Waals surface area contributed by atoms with Crippen LogP contribution in [0.15, 0.2) is 0 Å². The zero-order valence-electron chi connectivity index (χ0n) is 10.2. The fourth-order valence-corrected chi connectivity index (χ4v) is 1.80. The summed E-state index contributed by atoms with van der Waals surface area (Å²) in [5, 5.41) is 2.87. The molecule has 0 aromatic heterocycles. The van der Waals surface area contributed by atoms with Crippen LogP contribution in [0.25, 0.3) is 0 Å². The molecule has 0 aromatic carbocycles. The first-order valence-corrected chi connectivity index (χ1v) is 5.77. The zero-order chi connectivity index (χ0) is 12.0. The van der Waals surface area contributed by atoms with Gasteiger partial charge in [0.05, 0.1) is 6.54 Å². The molecule has 1 heterocycles. The number of amides is 1. The van der Waals surface area contributed by atoms with Crippen LogP contribution < -0.4 is 5.32 Å². The number of carbonyl (C=O) groups excluding carboxylic acids is 2. The average molecular weight is 227 g/mol. The van der Waals surface area contributed by atoms with Crippen molar-refractivity contribution in [2.45, 2.75) is 13.3 Å². The molecule has 1 saturated heterocycles. The maximum Gasteiger partial charge on any atom is 0.236 e. The van der Waals surface area contributed by atoms with Crippen LogP contribution in [-0.2, 0) is 9.59 Å². The molecule has 0 atom stereocenters. The van der Waals surface area contributed by atoms with Gasteiger partial charge in [-0.25, -0.2) is 0 Å². The Morgan fingerprint density at radius 3 is 2.31 bits per heavy atom. The number of hydrogen-bond donors (Lipinski definition) is 1. The maximum atomic E-state index is 11.6. The molecule has 0 spiro atoms. The molecule has 0 bridgehead atoms. The van der Waals surface area contributed by atoms with Gasteiger partial charge in [-0.1, -0.05) is 0 Å². The van der Waals surface area contributed by atoms with Gasteiger partial charge in [0.1, 0.15) is 5.78 Å². The number of hydrogen-bond acceptors (Lipinski definition) is 4. The van der Waals surface area contributed by atoms with E-state index in [0.29, 0.717) is 13.0 Å². The summed E-state index contributed by atoms with van der Waals surface area (Å²) in [5.41, 5.74) is 0. The molecule has 0 saturated carbocycles. The second kappa shape index (κ2) is 6.60. The predicted octanol–water partition coefficient (Wildman–Crippen LogP) is -0.671. The van der Waals surface area contributed by atoms with Crippen molar-refractivity contribution >= 4 is 11.7 Å². The fraction of sp³-hybridized carbons (Fsp3) is 0.818. The van der Waals surface area contributed by atoms with E-state index in [1.54, 1.807) is 14.0 Å². The molecule has 1 rings (SSSR count). The Morgan fingerprint density at radius 2 is 1.81 bits per heavy atom. The van der Waals surface area contributed by atoms with E-state index in [2.05, 4.69) is 10.2 Å². The normalized spacial score (nSPS) is 17.5. The summed E-state index contributed by atoms with van der Waals surface area (Å²) in [6, 6.07) is 0. The standard InChI is InChI=1S/C11H21N3O2/c1-10(15)3-4-13-5-7-14(8-6-13)11(16)9-12-2/h12H,3-9H2,1-2H3. The predicted molar refractivity (Wildman–Crippen MR) is 62.2 cm³/mol. The molecule has 92 valence electrons. The molecular weight excluding hydrogens is 206 g/mol. The molecule has 5 nitrogen and oxygen atoms in total. The molecule has 1 aliphatic rings. The minimum absolute atomic E-state index is 0.161. The molecule has 0 aliphatic carbocycles. The first kappa shape index (κ1) is 13.1. The number of Topliss-reactive ketones (excluding diaryl/α,β-unsaturated/α-hetero) is 1. The minimum atomic E-state index is 0.161. The summed E-state index contributed by atoms with van der Waals surface area (Å²) in [4.78, 5) is 26.5. The highest BCUT2D eigenvalue weighted by atomic mass is 16.2. The third-order valence-corrected chi connectivity index (χ3v) is 2.83. The van der Waals surface area contributed by atoms with Gasteiger partial charge < -0.3 is 10.2 Å². The van der Waals surface area contributed by atoms with Crippen molar-refractivity contribution in [2.75, 3.05) is 46.3 Å². The van der Waals surface area contributed by atoms with Crippen LogP contribution in [0, 0.1) is 0 Å². The number of piperazine rings is 1. The van der Waals surface area contributed by atoms with Crippen LogP contribution in [0.2, 0.25) is 0 Å². The van der Waals surface area contributed by atoms with Gasteiger partial charge in [-0.05, 0) is 14.0 Å². The molecule has 1 fully saturated rings. The third-order valence-electron chi connectivity index (χ3n) is 2.83. The van der Waals surface area contributed by atoms with Gasteiger partial charge >= 0.3 is 0 Å². The Hall–Kier alpha value is -0.940. The Kier molecular flexibility index (Phi) is 5.42. The van der Waals surface area contributed by atoms with E-state index in [1.165, 1.54) is 0 Å². The molecule has 1 amide bonds. The monoisotopic (exact) mass is 227 g/mol. The van der Waals surface area contributed by atoms with Gasteiger partial charge in [-0.3, -0.25) is 14.5 Å². The number of likely N-dealkylation sites (N-methyl/N-ethyl adjacent to an activating group) is 1. The van der Waals surface area contributed by atoms with E-state index in [0.717, 1.165) is 32.7 Å². The van der Waals surface area contributed by atoms with Crippen LogP contribution in [0.3, 0.4) is 0 Å². The summed E-state index contributed by atoms with van der Waals surface area (Å²) < 4.78 is 0. The van der Waals surface area contributed by atoms with Gasteiger partial charge in [-0.2, -0.15) is 0 Å². The van der Waals surface area contributed by atoms with Gasteiger partial charge in [0.25, 0.3) is 0 Å². The first-order valence-electron chi connectivity index (χ1n) is 5.77. The van der Waals surface area contributed by atoms with E-state index in [4.69, 9.17) is 0 Å². The molecule has 5 heteroatoms. The smallest absolute Gasteiger partial charge is 0.236 e. The summed E-state index contributed by atoms with van der Waals surface area (Å²) in [6.45, 7) is 6.16. The van der Waals surface area contributed by atoms with Gasteiger partial charge in [-0.15, -0.1) is 0 Å². The average Bonchev–Trinajstić information content (AvgIpc) is 2.27. The number of rotatable bonds is 5. The quantitative estimate of drug-likeness (QED) is 0.677. The SMILES string of the molecule is CNCC(=O)N1CCN(CCC(C)=O)CC1. The lowest BCUT2D eigenvalue weighted by molar-refractivity contribution is -0.132. The molecular formula is C11H21N3O2. The van der Waals surface area contributed by atoms with Crippen LogP contribution in [0.1, 0.15) is 13.3 Å². The zero-order valence-corrected chi connectivity index (χ0v) is 10.2. The van der Waals surface area contributed by atoms with E-state index >= 15 is 0 Å². The maximum absolute atomic E-state index is 11.6. The van der Waals surface area contributed by atoms with Crippen molar-refractivity contribution in [3.8, 4) is 0 Å². The molecule has 0 unspecified atom stereocenters. The lowest BCUT2D eigenvalue weighted by atomic mass is 10.2. The highest BCUT2D eigenvalue weighted by Crippen LogP contribution is 2.02. The number of nitrogens with zero attached hydrogens (tertiary/aromatic N) is 2. The Balaban J connectivity index is 2.23. The van der Waals surface area contributed by atoms with Gasteiger partial charge in [0.15, 0.2) is 0 Å². The number of carbonyl (C=O) groups is 2. The summed E-state index contributed by atoms with van der Waals surface area (Å²) >= 11 is 0. The van der Waals surface area contributed by atoms with E-state index in [1.807, 2.05) is 4.90 Å². The Labute approximate surface area is 96.8 Å². The summed E-state index contributed by atoms with van der Waals surface area (Å²) in [6.07, 6.45) is 0.616. The van der Waals surface area contributed by atoms with Crippen molar-refractivity contribution in [1.82, 2.24) is 15.1 Å². The highest BCUT2D eigenvalue weighted by molar-refractivity contribution is 5.78. The third kappa shape index (κ3) is 4.28. The van der Waals surface area contributed by atoms with Crippen LogP contribution in [0.5, 0.6) is 0 Å². The second-order valence-electron chi connectivity index (χ2n) is 4.20. The van der Waals surface area contributed by atoms with Gasteiger partial charge in [0, 0.05) is 39.1 Å². The first-order chi connectivity index (χ1) is 7.63. The minimum Gasteiger partial charge on any atom is -0.339 e. The summed E-state index contributed by atoms with van der Waals surface area (Å²) in [7, 11) is 1.78. The van der Waals surface area contributed by atoms with E-state index < -0.39 is 0 Å². The molecule has 16 heavy (non-hydrogen) atoms. The molecule has 0 aromatic rings. The van der Waals surface area contributed by atoms with Crippen LogP contribution >= 0.6 is 0 Å². The number of nitrogens with one attached hydrogen (secondary N) is 1. The highest BCUT2D eigenvalue weighted by Gasteiger charge is 2.20. The fourth-order valence-electron chi connectivity index (χ4n) is 1.80. The molecule has 1 aliphatic heterocycles. The summed E-state index contributed by atoms with van der Waals surface area (Å²) in [5.74, 6) is 0.391. The lowest BCUT2D eigenvalue weighted by Gasteiger charge is -2.34. The molecule has 0 radical (unpaired) electrons. The van der Waals surface area contributed by atoms with Crippen molar-refractivity contribution in [2.24, 2.45) is 0 Å². The van der Waals surface area contributed by atoms with Crippen molar-refractivity contribution in [1.29, 1.82) is 0 Å². The largest absolute Gasteiger partial charge is 0.339 e. The Bertz CT molecular complexity index is 248. The van der Waals surface area contributed by atoms with E-state index in [9.17, 15) is 9.59 Å². The van der Waals surface area contributed by atoms with Gasteiger partial charge in [0.2, 0.25) is 5.91 Å². The second-order valence-corrected chi connectivity index (χ2v) is 4.20. The van der Waals surface area contributed by atoms with Crippen LogP contribution in [0.4, 0.5) is 0 Å². The van der Waals surface area contributed by atoms with Crippen molar-refractivity contribution in [3.05, 3.63) is 0 Å². The van der Waals surface area contributed by atoms with E-state index in [-0.39, 0.29) is 11.7 Å². The number of ketones is 1. The van der Waals surface area contributed by atoms with Crippen LogP contribution in [-0.4, -0.2) is 67.8 Å².